The van der Waals surface area contributed by atoms with Crippen molar-refractivity contribution >= 4 is 11.7 Å². The summed E-state index contributed by atoms with van der Waals surface area (Å²) in [4.78, 5) is 12.1. The van der Waals surface area contributed by atoms with E-state index in [0.29, 0.717) is 12.3 Å². The lowest BCUT2D eigenvalue weighted by atomic mass is 10.1. The van der Waals surface area contributed by atoms with Crippen LogP contribution in [0.3, 0.4) is 0 Å². The Morgan fingerprint density at radius 2 is 1.82 bits per heavy atom. The Kier molecular flexibility index (Phi) is 5.94. The van der Waals surface area contributed by atoms with Crippen molar-refractivity contribution in [1.29, 1.82) is 0 Å². The molecule has 5 heteroatoms. The molecule has 0 spiro atoms. The summed E-state index contributed by atoms with van der Waals surface area (Å²) in [6.45, 7) is 0.246. The van der Waals surface area contributed by atoms with E-state index in [-0.39, 0.29) is 12.6 Å². The van der Waals surface area contributed by atoms with Gasteiger partial charge in [-0.1, -0.05) is 48.5 Å². The normalized spacial score (nSPS) is 11.7. The number of hydrogen-bond donors (Lipinski definition) is 3. The van der Waals surface area contributed by atoms with Gasteiger partial charge in [0.2, 0.25) is 0 Å². The Bertz CT molecular complexity index is 602. The second-order valence-electron chi connectivity index (χ2n) is 4.83. The molecule has 0 aliphatic rings. The Balaban J connectivity index is 2.03. The maximum Gasteiger partial charge on any atom is 0.319 e. The number of carbonyl (C=O) groups excluding carboxylic acids is 1. The van der Waals surface area contributed by atoms with Crippen LogP contribution in [0, 0.1) is 0 Å². The molecule has 0 fully saturated rings. The van der Waals surface area contributed by atoms with Gasteiger partial charge in [-0.25, -0.2) is 4.79 Å². The van der Waals surface area contributed by atoms with E-state index in [1.54, 1.807) is 7.11 Å². The average molecular weight is 300 g/mol. The lowest BCUT2D eigenvalue weighted by Gasteiger charge is -2.18. The molecule has 2 aromatic rings. The largest absolute Gasteiger partial charge is 0.394 e. The van der Waals surface area contributed by atoms with Gasteiger partial charge in [0.1, 0.15) is 0 Å². The van der Waals surface area contributed by atoms with Gasteiger partial charge in [0.05, 0.1) is 19.3 Å². The molecule has 0 saturated carbocycles. The fourth-order valence-electron chi connectivity index (χ4n) is 2.16. The highest BCUT2D eigenvalue weighted by molar-refractivity contribution is 5.90. The van der Waals surface area contributed by atoms with E-state index in [2.05, 4.69) is 10.6 Å². The first kappa shape index (κ1) is 16.0. The summed E-state index contributed by atoms with van der Waals surface area (Å²) in [5.41, 5.74) is 2.43. The fraction of sp³-hybridized carbons (Fsp3) is 0.235. The first-order valence-electron chi connectivity index (χ1n) is 7.04. The number of benzene rings is 2. The van der Waals surface area contributed by atoms with Crippen molar-refractivity contribution < 1.29 is 14.6 Å². The van der Waals surface area contributed by atoms with Crippen LogP contribution in [0.5, 0.6) is 0 Å². The summed E-state index contributed by atoms with van der Waals surface area (Å²) in [6.07, 6.45) is 0. The van der Waals surface area contributed by atoms with Crippen LogP contribution in [0.4, 0.5) is 10.5 Å². The highest BCUT2D eigenvalue weighted by atomic mass is 16.5. The van der Waals surface area contributed by atoms with Crippen molar-refractivity contribution in [2.75, 3.05) is 19.0 Å². The molecular weight excluding hydrogens is 280 g/mol. The van der Waals surface area contributed by atoms with Gasteiger partial charge in [-0.05, 0) is 11.6 Å². The van der Waals surface area contributed by atoms with Crippen LogP contribution in [0.1, 0.15) is 17.2 Å². The summed E-state index contributed by atoms with van der Waals surface area (Å²) < 4.78 is 5.11. The topological polar surface area (TPSA) is 70.6 Å². The van der Waals surface area contributed by atoms with E-state index in [4.69, 9.17) is 4.74 Å². The minimum Gasteiger partial charge on any atom is -0.394 e. The minimum atomic E-state index is -0.448. The Hall–Kier alpha value is -2.37. The van der Waals surface area contributed by atoms with E-state index in [1.807, 2.05) is 54.6 Å². The number of aliphatic hydroxyl groups excluding tert-OH is 1. The molecule has 0 radical (unpaired) electrons. The molecule has 5 nitrogen and oxygen atoms in total. The van der Waals surface area contributed by atoms with Crippen LogP contribution in [0.15, 0.2) is 54.6 Å². The molecule has 22 heavy (non-hydrogen) atoms. The Labute approximate surface area is 129 Å². The van der Waals surface area contributed by atoms with Crippen LogP contribution >= 0.6 is 0 Å². The lowest BCUT2D eigenvalue weighted by Crippen LogP contribution is -2.34. The molecular formula is C17H20N2O3. The maximum atomic E-state index is 12.1. The van der Waals surface area contributed by atoms with E-state index < -0.39 is 6.04 Å². The third-order valence-electron chi connectivity index (χ3n) is 3.26. The molecule has 1 unspecified atom stereocenters. The fourth-order valence-corrected chi connectivity index (χ4v) is 2.16. The molecule has 0 saturated heterocycles. The molecule has 0 aliphatic heterocycles. The van der Waals surface area contributed by atoms with E-state index in [1.165, 1.54) is 0 Å². The minimum absolute atomic E-state index is 0.169. The van der Waals surface area contributed by atoms with E-state index >= 15 is 0 Å². The number of urea groups is 1. The van der Waals surface area contributed by atoms with Crippen molar-refractivity contribution in [3.05, 3.63) is 65.7 Å². The predicted octanol–water partition coefficient (Wildman–Crippen LogP) is 2.69. The van der Waals surface area contributed by atoms with Gasteiger partial charge in [-0.3, -0.25) is 0 Å². The predicted molar refractivity (Wildman–Crippen MR) is 85.6 cm³/mol. The first-order chi connectivity index (χ1) is 10.7. The zero-order valence-electron chi connectivity index (χ0n) is 12.5. The van der Waals surface area contributed by atoms with Crippen molar-refractivity contribution in [2.45, 2.75) is 12.6 Å². The Morgan fingerprint density at radius 1 is 1.14 bits per heavy atom. The van der Waals surface area contributed by atoms with Gasteiger partial charge in [-0.15, -0.1) is 0 Å². The molecule has 0 aliphatic carbocycles. The third-order valence-corrected chi connectivity index (χ3v) is 3.26. The number of amides is 2. The molecule has 0 heterocycles. The molecule has 0 bridgehead atoms. The van der Waals surface area contributed by atoms with Crippen LogP contribution < -0.4 is 10.6 Å². The molecule has 116 valence electrons. The molecule has 3 N–H and O–H groups in total. The maximum absolute atomic E-state index is 12.1. The number of anilines is 1. The molecule has 2 aromatic carbocycles. The molecule has 2 amide bonds. The van der Waals surface area contributed by atoms with Crippen molar-refractivity contribution in [3.8, 4) is 0 Å². The second-order valence-corrected chi connectivity index (χ2v) is 4.83. The number of rotatable bonds is 6. The van der Waals surface area contributed by atoms with Gasteiger partial charge in [0, 0.05) is 18.4 Å². The van der Waals surface area contributed by atoms with Crippen LogP contribution in [0.25, 0.3) is 0 Å². The van der Waals surface area contributed by atoms with Gasteiger partial charge in [-0.2, -0.15) is 0 Å². The van der Waals surface area contributed by atoms with E-state index in [0.717, 1.165) is 11.1 Å². The third kappa shape index (κ3) is 4.31. The smallest absolute Gasteiger partial charge is 0.319 e. The van der Waals surface area contributed by atoms with E-state index in [9.17, 15) is 9.90 Å². The van der Waals surface area contributed by atoms with Crippen molar-refractivity contribution in [1.82, 2.24) is 5.32 Å². The van der Waals surface area contributed by atoms with Crippen molar-refractivity contribution in [3.63, 3.8) is 0 Å². The summed E-state index contributed by atoms with van der Waals surface area (Å²) >= 11 is 0. The van der Waals surface area contributed by atoms with Gasteiger partial charge in [0.15, 0.2) is 0 Å². The Morgan fingerprint density at radius 3 is 2.50 bits per heavy atom. The number of hydrogen-bond acceptors (Lipinski definition) is 3. The number of methoxy groups -OCH3 is 1. The summed E-state index contributed by atoms with van der Waals surface area (Å²) in [6, 6.07) is 16.0. The van der Waals surface area contributed by atoms with Gasteiger partial charge < -0.3 is 20.5 Å². The average Bonchev–Trinajstić information content (AvgIpc) is 2.55. The van der Waals surface area contributed by atoms with Crippen molar-refractivity contribution in [2.24, 2.45) is 0 Å². The number of aliphatic hydroxyl groups is 1. The second kappa shape index (κ2) is 8.17. The van der Waals surface area contributed by atoms with Crippen LogP contribution in [0.2, 0.25) is 0 Å². The number of carbonyl (C=O) groups is 1. The summed E-state index contributed by atoms with van der Waals surface area (Å²) in [5, 5.41) is 15.0. The number of para-hydroxylation sites is 1. The van der Waals surface area contributed by atoms with Gasteiger partial charge in [0.25, 0.3) is 0 Å². The highest BCUT2D eigenvalue weighted by Gasteiger charge is 2.14. The first-order valence-corrected chi connectivity index (χ1v) is 7.04. The number of ether oxygens (including phenoxy) is 1. The van der Waals surface area contributed by atoms with Crippen LogP contribution in [-0.2, 0) is 11.3 Å². The summed E-state index contributed by atoms with van der Waals surface area (Å²) in [5.74, 6) is 0. The van der Waals surface area contributed by atoms with Gasteiger partial charge >= 0.3 is 6.03 Å². The molecule has 0 aromatic heterocycles. The quantitative estimate of drug-likeness (QED) is 0.768. The zero-order valence-corrected chi connectivity index (χ0v) is 12.5. The number of nitrogens with one attached hydrogen (secondary N) is 2. The SMILES string of the molecule is COCc1ccccc1NC(=O)NC(CO)c1ccccc1. The molecule has 2 rings (SSSR count). The lowest BCUT2D eigenvalue weighted by molar-refractivity contribution is 0.185. The monoisotopic (exact) mass is 300 g/mol. The molecule has 1 atom stereocenters. The zero-order chi connectivity index (χ0) is 15.8. The highest BCUT2D eigenvalue weighted by Crippen LogP contribution is 2.17. The standard InChI is InChI=1S/C17H20N2O3/c1-22-12-14-9-5-6-10-15(14)18-17(21)19-16(11-20)13-7-3-2-4-8-13/h2-10,16,20H,11-12H2,1H3,(H2,18,19,21). The summed E-state index contributed by atoms with van der Waals surface area (Å²) in [7, 11) is 1.61. The van der Waals surface area contributed by atoms with Crippen LogP contribution in [-0.4, -0.2) is 24.9 Å².